The van der Waals surface area contributed by atoms with Crippen molar-refractivity contribution in [3.8, 4) is 5.75 Å². The van der Waals surface area contributed by atoms with Gasteiger partial charge in [-0.05, 0) is 41.8 Å². The molecule has 32 heavy (non-hydrogen) atoms. The van der Waals surface area contributed by atoms with Crippen molar-refractivity contribution in [2.24, 2.45) is 0 Å². The number of hydrogen-bond donors (Lipinski definition) is 4. The Labute approximate surface area is 182 Å². The Bertz CT molecular complexity index is 1180. The zero-order chi connectivity index (χ0) is 23.3. The smallest absolute Gasteiger partial charge is 0.341 e. The third kappa shape index (κ3) is 4.98. The fraction of sp³-hybridized carbons (Fsp3) is 0.182. The van der Waals surface area contributed by atoms with Crippen molar-refractivity contribution in [3.63, 3.8) is 0 Å². The monoisotopic (exact) mass is 440 g/mol. The first-order valence-electron chi connectivity index (χ1n) is 9.55. The zero-order valence-electron chi connectivity index (χ0n) is 17.4. The molecule has 1 aromatic heterocycles. The lowest BCUT2D eigenvalue weighted by atomic mass is 9.99. The van der Waals surface area contributed by atoms with E-state index in [0.717, 1.165) is 12.7 Å². The summed E-state index contributed by atoms with van der Waals surface area (Å²) in [6, 6.07) is 8.80. The maximum absolute atomic E-state index is 13.2. The fourth-order valence-corrected chi connectivity index (χ4v) is 3.07. The molecule has 0 atom stereocenters. The van der Waals surface area contributed by atoms with E-state index in [9.17, 15) is 23.9 Å². The molecule has 166 valence electrons. The summed E-state index contributed by atoms with van der Waals surface area (Å²) in [6.07, 6.45) is 1.90. The molecule has 3 rings (SSSR count). The molecular formula is C22H21FN4O5. The number of aromatic hydroxyl groups is 1. The van der Waals surface area contributed by atoms with Gasteiger partial charge in [0.15, 0.2) is 5.75 Å². The highest BCUT2D eigenvalue weighted by Crippen LogP contribution is 2.32. The highest BCUT2D eigenvalue weighted by molar-refractivity contribution is 6.11. The standard InChI is InChI=1S/C22H21FN4O5/c1-24-18(28)11-26-27-21(30)16-9-17(22(31)32-2)20(29)19-15(16)8-13(10-25-19)7-12-3-5-14(23)6-4-12/h3-6,8-10,26,29H,7,11H2,1-2H3,(H,24,28)(H,27,30). The van der Waals surface area contributed by atoms with Crippen LogP contribution in [-0.4, -0.2) is 48.6 Å². The summed E-state index contributed by atoms with van der Waals surface area (Å²) in [7, 11) is 2.60. The van der Waals surface area contributed by atoms with E-state index < -0.39 is 17.6 Å². The van der Waals surface area contributed by atoms with Crippen LogP contribution in [0.1, 0.15) is 31.8 Å². The first-order valence-corrected chi connectivity index (χ1v) is 9.55. The molecule has 0 aliphatic carbocycles. The van der Waals surface area contributed by atoms with Crippen LogP contribution >= 0.6 is 0 Å². The third-order valence-corrected chi connectivity index (χ3v) is 4.70. The largest absolute Gasteiger partial charge is 0.505 e. The Balaban J connectivity index is 2.03. The molecule has 0 aliphatic rings. The van der Waals surface area contributed by atoms with Crippen LogP contribution in [0.15, 0.2) is 42.6 Å². The molecule has 0 fully saturated rings. The topological polar surface area (TPSA) is 130 Å². The van der Waals surface area contributed by atoms with Crippen molar-refractivity contribution in [1.29, 1.82) is 0 Å². The number of carbonyl (C=O) groups is 3. The van der Waals surface area contributed by atoms with Gasteiger partial charge in [-0.15, -0.1) is 0 Å². The van der Waals surface area contributed by atoms with Crippen LogP contribution in [0.2, 0.25) is 0 Å². The number of phenols is 1. The molecule has 0 radical (unpaired) electrons. The molecule has 1 heterocycles. The average molecular weight is 440 g/mol. The van der Waals surface area contributed by atoms with Crippen LogP contribution in [0.4, 0.5) is 4.39 Å². The number of phenolic OH excluding ortho intramolecular Hbond substituents is 1. The van der Waals surface area contributed by atoms with Gasteiger partial charge in [0.1, 0.15) is 16.9 Å². The Hall–Kier alpha value is -4.05. The van der Waals surface area contributed by atoms with E-state index >= 15 is 0 Å². The number of fused-ring (bicyclic) bond motifs is 1. The molecule has 0 aliphatic heterocycles. The van der Waals surface area contributed by atoms with E-state index in [1.165, 1.54) is 31.4 Å². The number of carbonyl (C=O) groups excluding carboxylic acids is 3. The van der Waals surface area contributed by atoms with E-state index in [1.54, 1.807) is 18.2 Å². The SMILES string of the molecule is CNC(=O)CNNC(=O)c1cc(C(=O)OC)c(O)c2ncc(Cc3ccc(F)cc3)cc12. The van der Waals surface area contributed by atoms with Gasteiger partial charge in [0.05, 0.1) is 19.2 Å². The van der Waals surface area contributed by atoms with Crippen molar-refractivity contribution in [2.45, 2.75) is 6.42 Å². The molecular weight excluding hydrogens is 419 g/mol. The quantitative estimate of drug-likeness (QED) is 0.323. The number of nitrogens with one attached hydrogen (secondary N) is 3. The van der Waals surface area contributed by atoms with Crippen LogP contribution in [-0.2, 0) is 16.0 Å². The number of amides is 2. The molecule has 0 saturated carbocycles. The second kappa shape index (κ2) is 9.84. The molecule has 0 saturated heterocycles. The average Bonchev–Trinajstić information content (AvgIpc) is 2.80. The number of rotatable bonds is 7. The molecule has 3 aromatic rings. The number of benzene rings is 2. The van der Waals surface area contributed by atoms with Gasteiger partial charge in [0, 0.05) is 18.6 Å². The maximum Gasteiger partial charge on any atom is 0.341 e. The predicted octanol–water partition coefficient (Wildman–Crippen LogP) is 1.44. The Morgan fingerprint density at radius 3 is 2.47 bits per heavy atom. The van der Waals surface area contributed by atoms with Crippen molar-refractivity contribution in [2.75, 3.05) is 20.7 Å². The van der Waals surface area contributed by atoms with Gasteiger partial charge in [-0.3, -0.25) is 20.0 Å². The Kier molecular flexibility index (Phi) is 6.96. The summed E-state index contributed by atoms with van der Waals surface area (Å²) in [4.78, 5) is 40.5. The van der Waals surface area contributed by atoms with E-state index in [4.69, 9.17) is 0 Å². The van der Waals surface area contributed by atoms with Gasteiger partial charge in [-0.25, -0.2) is 14.6 Å². The third-order valence-electron chi connectivity index (χ3n) is 4.70. The number of aromatic nitrogens is 1. The van der Waals surface area contributed by atoms with Crippen LogP contribution in [0.25, 0.3) is 10.9 Å². The van der Waals surface area contributed by atoms with Gasteiger partial charge in [-0.2, -0.15) is 0 Å². The minimum atomic E-state index is -0.839. The number of ether oxygens (including phenoxy) is 1. The Morgan fingerprint density at radius 1 is 1.09 bits per heavy atom. The van der Waals surface area contributed by atoms with Crippen molar-refractivity contribution in [3.05, 3.63) is 70.7 Å². The normalized spacial score (nSPS) is 10.6. The summed E-state index contributed by atoms with van der Waals surface area (Å²) in [5, 5.41) is 13.2. The summed E-state index contributed by atoms with van der Waals surface area (Å²) < 4.78 is 17.9. The van der Waals surface area contributed by atoms with Crippen molar-refractivity contribution >= 4 is 28.7 Å². The van der Waals surface area contributed by atoms with E-state index in [-0.39, 0.29) is 40.3 Å². The molecule has 0 spiro atoms. The Morgan fingerprint density at radius 2 is 1.81 bits per heavy atom. The first kappa shape index (κ1) is 22.6. The van der Waals surface area contributed by atoms with E-state index in [0.29, 0.717) is 12.0 Å². The molecule has 10 heteroatoms. The molecule has 2 aromatic carbocycles. The first-order chi connectivity index (χ1) is 15.3. The highest BCUT2D eigenvalue weighted by atomic mass is 19.1. The summed E-state index contributed by atoms with van der Waals surface area (Å²) in [6.45, 7) is -0.170. The molecule has 4 N–H and O–H groups in total. The van der Waals surface area contributed by atoms with Gasteiger partial charge < -0.3 is 15.2 Å². The summed E-state index contributed by atoms with van der Waals surface area (Å²) in [5.74, 6) is -2.61. The predicted molar refractivity (Wildman–Crippen MR) is 113 cm³/mol. The number of hydrogen-bond acceptors (Lipinski definition) is 7. The number of esters is 1. The lowest BCUT2D eigenvalue weighted by Crippen LogP contribution is -2.43. The van der Waals surface area contributed by atoms with Gasteiger partial charge >= 0.3 is 5.97 Å². The number of likely N-dealkylation sites (N-methyl/N-ethyl adjacent to an activating group) is 1. The lowest BCUT2D eigenvalue weighted by molar-refractivity contribution is -0.119. The molecule has 0 unspecified atom stereocenters. The lowest BCUT2D eigenvalue weighted by Gasteiger charge is -2.13. The second-order valence-electron chi connectivity index (χ2n) is 6.84. The minimum absolute atomic E-state index is 0.0345. The van der Waals surface area contributed by atoms with Gasteiger partial charge in [0.2, 0.25) is 5.91 Å². The number of hydrazine groups is 1. The van der Waals surface area contributed by atoms with Crippen molar-refractivity contribution < 1.29 is 28.6 Å². The van der Waals surface area contributed by atoms with Gasteiger partial charge in [0.25, 0.3) is 5.91 Å². The van der Waals surface area contributed by atoms with Crippen LogP contribution in [0, 0.1) is 5.82 Å². The summed E-state index contributed by atoms with van der Waals surface area (Å²) >= 11 is 0. The van der Waals surface area contributed by atoms with Crippen LogP contribution in [0.5, 0.6) is 5.75 Å². The maximum atomic E-state index is 13.2. The zero-order valence-corrected chi connectivity index (χ0v) is 17.4. The summed E-state index contributed by atoms with van der Waals surface area (Å²) in [5.41, 5.74) is 6.23. The molecule has 2 amide bonds. The number of nitrogens with zero attached hydrogens (tertiary/aromatic N) is 1. The molecule has 9 nitrogen and oxygen atoms in total. The van der Waals surface area contributed by atoms with Crippen molar-refractivity contribution in [1.82, 2.24) is 21.2 Å². The minimum Gasteiger partial charge on any atom is -0.505 e. The van der Waals surface area contributed by atoms with Crippen LogP contribution in [0.3, 0.4) is 0 Å². The highest BCUT2D eigenvalue weighted by Gasteiger charge is 2.22. The second-order valence-corrected chi connectivity index (χ2v) is 6.84. The van der Waals surface area contributed by atoms with E-state index in [1.807, 2.05) is 0 Å². The van der Waals surface area contributed by atoms with E-state index in [2.05, 4.69) is 25.9 Å². The van der Waals surface area contributed by atoms with Crippen LogP contribution < -0.4 is 16.2 Å². The van der Waals surface area contributed by atoms with Gasteiger partial charge in [-0.1, -0.05) is 12.1 Å². The fourth-order valence-electron chi connectivity index (χ4n) is 3.07. The number of halogens is 1. The number of methoxy groups -OCH3 is 1. The number of pyridine rings is 1. The molecule has 0 bridgehead atoms.